The normalized spacial score (nSPS) is 12.6. The number of carbonyl (C=O) groups excluding carboxylic acids is 2. The number of hydrogen-bond acceptors (Lipinski definition) is 4. The molecule has 0 N–H and O–H groups in total. The first-order chi connectivity index (χ1) is 24.7. The van der Waals surface area contributed by atoms with Crippen molar-refractivity contribution < 1.29 is 19.4 Å². The zero-order valence-corrected chi connectivity index (χ0v) is 27.0. The Hall–Kier alpha value is -6.34. The van der Waals surface area contributed by atoms with Crippen molar-refractivity contribution in [2.24, 2.45) is 0 Å². The van der Waals surface area contributed by atoms with E-state index >= 15 is 0 Å². The molecule has 4 aromatic carbocycles. The van der Waals surface area contributed by atoms with Gasteiger partial charge in [-0.05, 0) is 47.5 Å². The van der Waals surface area contributed by atoms with Crippen molar-refractivity contribution in [1.29, 1.82) is 0 Å². The topological polar surface area (TPSA) is 61.4 Å². The summed E-state index contributed by atoms with van der Waals surface area (Å²) >= 11 is 0. The Labute approximate surface area is 289 Å². The molecule has 0 amide bonds. The fourth-order valence-corrected chi connectivity index (χ4v) is 6.53. The van der Waals surface area contributed by atoms with Crippen LogP contribution in [0.15, 0.2) is 182 Å². The molecular formula is C44H32N2O4. The van der Waals surface area contributed by atoms with E-state index in [2.05, 4.69) is 0 Å². The number of nitrogens with zero attached hydrogens (tertiary/aromatic N) is 2. The number of Topliss-reactive ketones (excluding diaryl/α,β-unsaturated/α-hetero) is 2. The van der Waals surface area contributed by atoms with Gasteiger partial charge in [-0.2, -0.15) is 0 Å². The molecule has 0 spiro atoms. The van der Waals surface area contributed by atoms with Crippen molar-refractivity contribution >= 4 is 22.6 Å². The van der Waals surface area contributed by atoms with Gasteiger partial charge >= 0.3 is 0 Å². The Balaban J connectivity index is 1.26. The molecule has 0 aliphatic rings. The minimum atomic E-state index is -1.19. The van der Waals surface area contributed by atoms with E-state index in [-0.39, 0.29) is 11.6 Å². The molecule has 6 heteroatoms. The highest BCUT2D eigenvalue weighted by Gasteiger charge is 2.33. The summed E-state index contributed by atoms with van der Waals surface area (Å²) in [6, 6.07) is 53.6. The first-order valence-electron chi connectivity index (χ1n) is 16.5. The van der Waals surface area contributed by atoms with Crippen LogP contribution in [-0.2, 0) is 9.78 Å². The summed E-state index contributed by atoms with van der Waals surface area (Å²) in [5.74, 6) is -0.585. The van der Waals surface area contributed by atoms with Crippen molar-refractivity contribution in [2.45, 2.75) is 12.2 Å². The van der Waals surface area contributed by atoms with Gasteiger partial charge in [-0.3, -0.25) is 9.59 Å². The number of pyridine rings is 2. The summed E-state index contributed by atoms with van der Waals surface area (Å²) in [5, 5.41) is 0. The number of hydrogen-bond donors (Lipinski definition) is 0. The molecular weight excluding hydrogens is 620 g/mol. The van der Waals surface area contributed by atoms with Crippen LogP contribution in [0.5, 0.6) is 0 Å². The second-order valence-corrected chi connectivity index (χ2v) is 12.0. The van der Waals surface area contributed by atoms with Crippen LogP contribution in [-0.4, -0.2) is 20.4 Å². The van der Waals surface area contributed by atoms with E-state index in [0.29, 0.717) is 22.3 Å². The molecule has 2 unspecified atom stereocenters. The minimum Gasteiger partial charge on any atom is -0.316 e. The van der Waals surface area contributed by atoms with Crippen molar-refractivity contribution in [3.63, 3.8) is 0 Å². The Bertz CT molecular complexity index is 2240. The molecule has 0 bridgehead atoms. The Kier molecular flexibility index (Phi) is 8.45. The van der Waals surface area contributed by atoms with Gasteiger partial charge in [0.05, 0.1) is 22.4 Å². The Morgan fingerprint density at radius 1 is 0.420 bits per heavy atom. The van der Waals surface area contributed by atoms with Crippen molar-refractivity contribution in [1.82, 2.24) is 8.80 Å². The van der Waals surface area contributed by atoms with Gasteiger partial charge < -0.3 is 8.80 Å². The van der Waals surface area contributed by atoms with E-state index < -0.39 is 12.2 Å². The number of benzene rings is 4. The third-order valence-electron chi connectivity index (χ3n) is 8.96. The third-order valence-corrected chi connectivity index (χ3v) is 8.96. The highest BCUT2D eigenvalue weighted by atomic mass is 17.2. The molecule has 50 heavy (non-hydrogen) atoms. The predicted molar refractivity (Wildman–Crippen MR) is 195 cm³/mol. The van der Waals surface area contributed by atoms with Crippen molar-refractivity contribution in [3.05, 3.63) is 205 Å². The fraction of sp³-hybridized carbons (Fsp3) is 0.0455. The van der Waals surface area contributed by atoms with Gasteiger partial charge in [0.2, 0.25) is 0 Å². The maximum Gasteiger partial charge on any atom is 0.199 e. The molecule has 6 nitrogen and oxygen atoms in total. The highest BCUT2D eigenvalue weighted by molar-refractivity contribution is 6.02. The van der Waals surface area contributed by atoms with E-state index in [0.717, 1.165) is 33.5 Å². The largest absolute Gasteiger partial charge is 0.316 e. The average Bonchev–Trinajstić information content (AvgIpc) is 3.77. The van der Waals surface area contributed by atoms with Gasteiger partial charge in [0.25, 0.3) is 0 Å². The maximum atomic E-state index is 14.4. The molecule has 8 rings (SSSR count). The van der Waals surface area contributed by atoms with Crippen LogP contribution < -0.4 is 0 Å². The highest BCUT2D eigenvalue weighted by Crippen LogP contribution is 2.38. The lowest BCUT2D eigenvalue weighted by atomic mass is 9.99. The van der Waals surface area contributed by atoms with E-state index in [1.165, 1.54) is 0 Å². The predicted octanol–water partition coefficient (Wildman–Crippen LogP) is 10.0. The van der Waals surface area contributed by atoms with E-state index in [4.69, 9.17) is 9.78 Å². The Morgan fingerprint density at radius 3 is 1.14 bits per heavy atom. The van der Waals surface area contributed by atoms with Crippen LogP contribution in [0.1, 0.15) is 44.1 Å². The number of fused-ring (bicyclic) bond motifs is 2. The van der Waals surface area contributed by atoms with E-state index in [1.54, 1.807) is 24.3 Å². The lowest BCUT2D eigenvalue weighted by Gasteiger charge is -2.21. The molecule has 242 valence electrons. The third kappa shape index (κ3) is 5.83. The van der Waals surface area contributed by atoms with Crippen LogP contribution >= 0.6 is 0 Å². The SMILES string of the molecule is O=C(c1ccccc1)C(OOC(C(=O)c1ccccc1)c1cc(-c2ccccc2)n2ccccc12)c1cc(-c2ccccc2)n2ccccc12. The van der Waals surface area contributed by atoms with Crippen LogP contribution in [0.3, 0.4) is 0 Å². The van der Waals surface area contributed by atoms with Gasteiger partial charge in [-0.25, -0.2) is 9.78 Å². The summed E-state index contributed by atoms with van der Waals surface area (Å²) in [4.78, 5) is 41.5. The Morgan fingerprint density at radius 2 is 0.760 bits per heavy atom. The monoisotopic (exact) mass is 652 g/mol. The summed E-state index contributed by atoms with van der Waals surface area (Å²) in [6.07, 6.45) is 1.54. The zero-order chi connectivity index (χ0) is 33.9. The smallest absolute Gasteiger partial charge is 0.199 e. The molecule has 0 aliphatic heterocycles. The number of carbonyl (C=O) groups is 2. The van der Waals surface area contributed by atoms with Gasteiger partial charge in [0.15, 0.2) is 23.8 Å². The number of aromatic nitrogens is 2. The van der Waals surface area contributed by atoms with E-state index in [9.17, 15) is 9.59 Å². The summed E-state index contributed by atoms with van der Waals surface area (Å²) in [6.45, 7) is 0. The molecule has 0 saturated heterocycles. The van der Waals surface area contributed by atoms with Crippen LogP contribution in [0.4, 0.5) is 0 Å². The summed E-state index contributed by atoms with van der Waals surface area (Å²) < 4.78 is 4.08. The molecule has 0 aliphatic carbocycles. The quantitative estimate of drug-likeness (QED) is 0.0793. The maximum absolute atomic E-state index is 14.4. The molecule has 2 atom stereocenters. The molecule has 0 radical (unpaired) electrons. The van der Waals surface area contributed by atoms with Crippen molar-refractivity contribution in [3.8, 4) is 22.5 Å². The molecule has 0 saturated carbocycles. The summed E-state index contributed by atoms with van der Waals surface area (Å²) in [7, 11) is 0. The number of rotatable bonds is 11. The lowest BCUT2D eigenvalue weighted by Crippen LogP contribution is -2.22. The van der Waals surface area contributed by atoms with Gasteiger partial charge in [0.1, 0.15) is 0 Å². The molecule has 0 fully saturated rings. The van der Waals surface area contributed by atoms with Crippen LogP contribution in [0.2, 0.25) is 0 Å². The molecule has 4 heterocycles. The average molecular weight is 653 g/mol. The lowest BCUT2D eigenvalue weighted by molar-refractivity contribution is -0.333. The van der Waals surface area contributed by atoms with E-state index in [1.807, 2.05) is 167 Å². The second kappa shape index (κ2) is 13.6. The molecule has 4 aromatic heterocycles. The molecule has 8 aromatic rings. The van der Waals surface area contributed by atoms with Crippen molar-refractivity contribution in [2.75, 3.05) is 0 Å². The van der Waals surface area contributed by atoms with Gasteiger partial charge in [0, 0.05) is 34.6 Å². The van der Waals surface area contributed by atoms with Crippen LogP contribution in [0, 0.1) is 0 Å². The minimum absolute atomic E-state index is 0.292. The first kappa shape index (κ1) is 31.0. The first-order valence-corrected chi connectivity index (χ1v) is 16.5. The zero-order valence-electron chi connectivity index (χ0n) is 27.0. The number of ketones is 2. The fourth-order valence-electron chi connectivity index (χ4n) is 6.53. The van der Waals surface area contributed by atoms with Gasteiger partial charge in [-0.1, -0.05) is 133 Å². The van der Waals surface area contributed by atoms with Gasteiger partial charge in [-0.15, -0.1) is 0 Å². The standard InChI is InChI=1S/C44H32N2O4/c47-41(33-21-9-3-10-22-33)43(35-29-39(31-17-5-1-6-18-31)45-27-15-13-25-37(35)45)49-50-44(42(48)34-23-11-4-12-24-34)36-30-40(32-19-7-2-8-20-32)46-28-16-14-26-38(36)46/h1-30,43-44H. The van der Waals surface area contributed by atoms with Crippen LogP contribution in [0.25, 0.3) is 33.5 Å². The second-order valence-electron chi connectivity index (χ2n) is 12.0. The summed E-state index contributed by atoms with van der Waals surface area (Å²) in [5.41, 5.74) is 7.50.